The number of aliphatic hydroxyl groups excluding tert-OH is 1. The number of ether oxygens (including phenoxy) is 1. The van der Waals surface area contributed by atoms with E-state index in [1.54, 1.807) is 39.0 Å². The highest BCUT2D eigenvalue weighted by atomic mass is 19.1. The number of hydrogen-bond donors (Lipinski definition) is 2. The van der Waals surface area contributed by atoms with Gasteiger partial charge in [-0.2, -0.15) is 0 Å². The molecule has 0 spiro atoms. The van der Waals surface area contributed by atoms with Crippen LogP contribution >= 0.6 is 0 Å². The molecule has 6 heteroatoms. The van der Waals surface area contributed by atoms with Crippen molar-refractivity contribution < 1.29 is 24.1 Å². The molecular weight excluding hydrogens is 289 g/mol. The van der Waals surface area contributed by atoms with Crippen molar-refractivity contribution in [2.75, 3.05) is 19.8 Å². The summed E-state index contributed by atoms with van der Waals surface area (Å²) in [5.74, 6) is -1.03. The Balaban J connectivity index is 2.71. The summed E-state index contributed by atoms with van der Waals surface area (Å²) in [6, 6.07) is 6.08. The Morgan fingerprint density at radius 1 is 1.45 bits per heavy atom. The molecule has 1 heterocycles. The van der Waals surface area contributed by atoms with Crippen LogP contribution in [0, 0.1) is 11.7 Å². The normalized spacial score (nSPS) is 25.2. The Morgan fingerprint density at radius 3 is 2.59 bits per heavy atom. The third kappa shape index (κ3) is 2.57. The van der Waals surface area contributed by atoms with Crippen LogP contribution in [0.3, 0.4) is 0 Å². The fourth-order valence-electron chi connectivity index (χ4n) is 3.35. The monoisotopic (exact) mass is 311 g/mol. The molecule has 1 amide bonds. The van der Waals surface area contributed by atoms with E-state index in [1.807, 2.05) is 0 Å². The molecule has 2 rings (SSSR count). The molecule has 1 aliphatic heterocycles. The summed E-state index contributed by atoms with van der Waals surface area (Å²) in [4.78, 5) is 13.2. The molecule has 0 saturated carbocycles. The predicted octanol–water partition coefficient (Wildman–Crippen LogP) is 2.44. The van der Waals surface area contributed by atoms with Crippen LogP contribution in [0.5, 0.6) is 0 Å². The van der Waals surface area contributed by atoms with Gasteiger partial charge in [-0.3, -0.25) is 4.90 Å². The highest BCUT2D eigenvalue weighted by molar-refractivity contribution is 5.68. The standard InChI is InChI=1S/C16H22FNO4/c1-15(2,3)18(14(20)21)16(10-22-9-11(16)8-19)12-6-4-5-7-13(12)17/h4-7,11,19H,8-10H2,1-3H3,(H,20,21)/t11-,16+/m1/s1. The maximum atomic E-state index is 14.5. The number of carboxylic acid groups (broad SMARTS) is 1. The molecule has 1 aromatic carbocycles. The summed E-state index contributed by atoms with van der Waals surface area (Å²) < 4.78 is 19.9. The van der Waals surface area contributed by atoms with E-state index in [4.69, 9.17) is 4.74 Å². The van der Waals surface area contributed by atoms with Crippen molar-refractivity contribution in [1.29, 1.82) is 0 Å². The number of amides is 1. The van der Waals surface area contributed by atoms with Crippen molar-refractivity contribution in [1.82, 2.24) is 4.90 Å². The van der Waals surface area contributed by atoms with Crippen LogP contribution in [0.4, 0.5) is 9.18 Å². The highest BCUT2D eigenvalue weighted by Gasteiger charge is 2.56. The van der Waals surface area contributed by atoms with Crippen molar-refractivity contribution in [2.24, 2.45) is 5.92 Å². The zero-order valence-electron chi connectivity index (χ0n) is 13.0. The lowest BCUT2D eigenvalue weighted by Crippen LogP contribution is -2.61. The van der Waals surface area contributed by atoms with Gasteiger partial charge in [0.25, 0.3) is 0 Å². The lowest BCUT2D eigenvalue weighted by molar-refractivity contribution is -0.0215. The van der Waals surface area contributed by atoms with E-state index in [0.29, 0.717) is 0 Å². The van der Waals surface area contributed by atoms with Crippen molar-refractivity contribution >= 4 is 6.09 Å². The first-order chi connectivity index (χ1) is 10.2. The van der Waals surface area contributed by atoms with E-state index in [-0.39, 0.29) is 25.4 Å². The topological polar surface area (TPSA) is 70.0 Å². The summed E-state index contributed by atoms with van der Waals surface area (Å²) in [6.07, 6.45) is -1.17. The minimum Gasteiger partial charge on any atom is -0.465 e. The van der Waals surface area contributed by atoms with E-state index in [0.717, 1.165) is 0 Å². The number of hydrogen-bond acceptors (Lipinski definition) is 3. The second-order valence-electron chi connectivity index (χ2n) is 6.59. The van der Waals surface area contributed by atoms with Gasteiger partial charge < -0.3 is 14.9 Å². The Bertz CT molecular complexity index is 557. The van der Waals surface area contributed by atoms with E-state index in [9.17, 15) is 19.4 Å². The second kappa shape index (κ2) is 5.85. The zero-order valence-corrected chi connectivity index (χ0v) is 13.0. The number of carbonyl (C=O) groups is 1. The number of rotatable bonds is 3. The van der Waals surface area contributed by atoms with Gasteiger partial charge in [0.15, 0.2) is 0 Å². The molecule has 1 saturated heterocycles. The van der Waals surface area contributed by atoms with E-state index in [1.165, 1.54) is 11.0 Å². The number of benzene rings is 1. The molecule has 0 aliphatic carbocycles. The third-order valence-corrected chi connectivity index (χ3v) is 4.14. The van der Waals surface area contributed by atoms with Gasteiger partial charge in [-0.15, -0.1) is 0 Å². The van der Waals surface area contributed by atoms with E-state index < -0.39 is 28.9 Å². The first-order valence-electron chi connectivity index (χ1n) is 7.22. The van der Waals surface area contributed by atoms with Gasteiger partial charge in [-0.05, 0) is 26.8 Å². The molecule has 0 bridgehead atoms. The molecule has 2 atom stereocenters. The molecule has 0 aromatic heterocycles. The minimum absolute atomic E-state index is 0.0166. The predicted molar refractivity (Wildman–Crippen MR) is 79.1 cm³/mol. The second-order valence-corrected chi connectivity index (χ2v) is 6.59. The molecule has 2 N–H and O–H groups in total. The fraction of sp³-hybridized carbons (Fsp3) is 0.562. The van der Waals surface area contributed by atoms with Crippen LogP contribution < -0.4 is 0 Å². The smallest absolute Gasteiger partial charge is 0.408 e. The fourth-order valence-corrected chi connectivity index (χ4v) is 3.35. The summed E-state index contributed by atoms with van der Waals surface area (Å²) in [6.45, 7) is 5.16. The molecule has 5 nitrogen and oxygen atoms in total. The van der Waals surface area contributed by atoms with Gasteiger partial charge in [-0.25, -0.2) is 9.18 Å². The Labute approximate surface area is 129 Å². The summed E-state index contributed by atoms with van der Waals surface area (Å²) in [5.41, 5.74) is -1.79. The van der Waals surface area contributed by atoms with Gasteiger partial charge in [0.05, 0.1) is 19.8 Å². The van der Waals surface area contributed by atoms with Gasteiger partial charge in [0.1, 0.15) is 11.4 Å². The Hall–Kier alpha value is -1.66. The molecule has 1 fully saturated rings. The summed E-state index contributed by atoms with van der Waals surface area (Å²) in [7, 11) is 0. The summed E-state index contributed by atoms with van der Waals surface area (Å²) in [5, 5.41) is 19.5. The molecule has 122 valence electrons. The SMILES string of the molecule is CC(C)(C)N(C(=O)O)[C@@]1(c2ccccc2F)COC[C@H]1CO. The van der Waals surface area contributed by atoms with Crippen LogP contribution in [0.15, 0.2) is 24.3 Å². The Morgan fingerprint density at radius 2 is 2.09 bits per heavy atom. The highest BCUT2D eigenvalue weighted by Crippen LogP contribution is 2.45. The number of halogens is 1. The first-order valence-corrected chi connectivity index (χ1v) is 7.22. The quantitative estimate of drug-likeness (QED) is 0.899. The molecule has 1 aromatic rings. The van der Waals surface area contributed by atoms with E-state index in [2.05, 4.69) is 0 Å². The lowest BCUT2D eigenvalue weighted by atomic mass is 9.77. The van der Waals surface area contributed by atoms with Crippen LogP contribution in [-0.4, -0.2) is 46.6 Å². The van der Waals surface area contributed by atoms with Crippen LogP contribution in [0.2, 0.25) is 0 Å². The maximum Gasteiger partial charge on any atom is 0.408 e. The van der Waals surface area contributed by atoms with Crippen LogP contribution in [0.1, 0.15) is 26.3 Å². The largest absolute Gasteiger partial charge is 0.465 e. The third-order valence-electron chi connectivity index (χ3n) is 4.14. The molecular formula is C16H22FNO4. The van der Waals surface area contributed by atoms with Crippen molar-refractivity contribution in [3.63, 3.8) is 0 Å². The average Bonchev–Trinajstić information content (AvgIpc) is 2.81. The average molecular weight is 311 g/mol. The number of nitrogens with zero attached hydrogens (tertiary/aromatic N) is 1. The van der Waals surface area contributed by atoms with Gasteiger partial charge in [-0.1, -0.05) is 18.2 Å². The molecule has 0 radical (unpaired) electrons. The van der Waals surface area contributed by atoms with Crippen LogP contribution in [-0.2, 0) is 10.3 Å². The van der Waals surface area contributed by atoms with E-state index >= 15 is 0 Å². The molecule has 0 unspecified atom stereocenters. The van der Waals surface area contributed by atoms with Crippen molar-refractivity contribution in [2.45, 2.75) is 31.8 Å². The van der Waals surface area contributed by atoms with Gasteiger partial charge >= 0.3 is 6.09 Å². The Kier molecular flexibility index (Phi) is 4.44. The van der Waals surface area contributed by atoms with Gasteiger partial charge in [0.2, 0.25) is 0 Å². The number of aliphatic hydroxyl groups is 1. The maximum absolute atomic E-state index is 14.5. The lowest BCUT2D eigenvalue weighted by Gasteiger charge is -2.49. The summed E-state index contributed by atoms with van der Waals surface area (Å²) >= 11 is 0. The first kappa shape index (κ1) is 16.7. The minimum atomic E-state index is -1.25. The molecule has 22 heavy (non-hydrogen) atoms. The zero-order chi connectivity index (χ0) is 16.5. The van der Waals surface area contributed by atoms with Crippen molar-refractivity contribution in [3.8, 4) is 0 Å². The molecule has 1 aliphatic rings. The van der Waals surface area contributed by atoms with Crippen molar-refractivity contribution in [3.05, 3.63) is 35.6 Å². The van der Waals surface area contributed by atoms with Gasteiger partial charge in [0, 0.05) is 17.0 Å². The van der Waals surface area contributed by atoms with Crippen LogP contribution in [0.25, 0.3) is 0 Å².